The Bertz CT molecular complexity index is 354. The number of hydrogen-bond donors (Lipinski definition) is 1. The van der Waals surface area contributed by atoms with Crippen molar-refractivity contribution >= 4 is 5.91 Å². The molecule has 1 aliphatic heterocycles. The van der Waals surface area contributed by atoms with Crippen LogP contribution in [0.2, 0.25) is 0 Å². The first kappa shape index (κ1) is 15.5. The first-order chi connectivity index (χ1) is 9.21. The number of piperazine rings is 1. The van der Waals surface area contributed by atoms with Crippen LogP contribution in [0, 0.1) is 11.3 Å². The van der Waals surface area contributed by atoms with Gasteiger partial charge in [0.2, 0.25) is 0 Å². The van der Waals surface area contributed by atoms with Crippen LogP contribution in [-0.2, 0) is 9.53 Å². The minimum atomic E-state index is -0.336. The molecule has 1 heterocycles. The number of nitrogens with one attached hydrogen (secondary N) is 1. The van der Waals surface area contributed by atoms with Crippen molar-refractivity contribution < 1.29 is 9.53 Å². The summed E-state index contributed by atoms with van der Waals surface area (Å²) in [4.78, 5) is 16.1. The van der Waals surface area contributed by atoms with Gasteiger partial charge in [0, 0.05) is 46.0 Å². The first-order valence-corrected chi connectivity index (χ1v) is 6.56. The van der Waals surface area contributed by atoms with E-state index in [1.165, 1.54) is 0 Å². The second-order valence-electron chi connectivity index (χ2n) is 4.37. The van der Waals surface area contributed by atoms with E-state index in [0.29, 0.717) is 13.2 Å². The molecular weight excluding hydrogens is 244 g/mol. The van der Waals surface area contributed by atoms with Gasteiger partial charge in [0.1, 0.15) is 11.6 Å². The molecule has 1 amide bonds. The molecule has 19 heavy (non-hydrogen) atoms. The number of nitrogens with zero attached hydrogens (tertiary/aromatic N) is 3. The second kappa shape index (κ2) is 8.51. The summed E-state index contributed by atoms with van der Waals surface area (Å²) in [6.45, 7) is 7.68. The summed E-state index contributed by atoms with van der Waals surface area (Å²) >= 11 is 0. The highest BCUT2D eigenvalue weighted by atomic mass is 16.5. The lowest BCUT2D eigenvalue weighted by molar-refractivity contribution is -0.117. The quantitative estimate of drug-likeness (QED) is 0.409. The van der Waals surface area contributed by atoms with Crippen molar-refractivity contribution in [1.29, 1.82) is 5.26 Å². The molecule has 1 saturated heterocycles. The average molecular weight is 266 g/mol. The fourth-order valence-corrected chi connectivity index (χ4v) is 1.89. The zero-order valence-corrected chi connectivity index (χ0v) is 11.7. The van der Waals surface area contributed by atoms with Gasteiger partial charge in [-0.05, 0) is 6.54 Å². The zero-order valence-electron chi connectivity index (χ0n) is 11.7. The molecule has 1 aliphatic rings. The largest absolute Gasteiger partial charge is 0.383 e. The number of hydrogen-bond acceptors (Lipinski definition) is 5. The third-order valence-corrected chi connectivity index (χ3v) is 3.12. The summed E-state index contributed by atoms with van der Waals surface area (Å²) in [5.74, 6) is -0.336. The summed E-state index contributed by atoms with van der Waals surface area (Å²) in [5.41, 5.74) is 0.154. The molecule has 0 aromatic carbocycles. The van der Waals surface area contributed by atoms with Crippen LogP contribution in [0.5, 0.6) is 0 Å². The number of amides is 1. The molecule has 6 heteroatoms. The highest BCUT2D eigenvalue weighted by molar-refractivity contribution is 5.97. The Balaban J connectivity index is 2.48. The molecule has 0 saturated carbocycles. The van der Waals surface area contributed by atoms with E-state index in [1.807, 2.05) is 11.0 Å². The number of carbonyl (C=O) groups is 1. The molecule has 0 aromatic rings. The summed E-state index contributed by atoms with van der Waals surface area (Å²) in [6.07, 6.45) is 1.66. The van der Waals surface area contributed by atoms with Crippen LogP contribution < -0.4 is 5.32 Å². The molecule has 1 rings (SSSR count). The summed E-state index contributed by atoms with van der Waals surface area (Å²) in [5, 5.41) is 11.7. The van der Waals surface area contributed by atoms with Crippen molar-refractivity contribution in [3.8, 4) is 6.07 Å². The van der Waals surface area contributed by atoms with Gasteiger partial charge in [0.25, 0.3) is 5.91 Å². The molecule has 0 aliphatic carbocycles. The zero-order chi connectivity index (χ0) is 14.1. The molecule has 1 fully saturated rings. The van der Waals surface area contributed by atoms with E-state index in [9.17, 15) is 4.79 Å². The molecule has 6 nitrogen and oxygen atoms in total. The summed E-state index contributed by atoms with van der Waals surface area (Å²) in [6, 6.07) is 1.95. The van der Waals surface area contributed by atoms with Crippen LogP contribution >= 0.6 is 0 Å². The Labute approximate surface area is 114 Å². The lowest BCUT2D eigenvalue weighted by Gasteiger charge is -2.33. The third kappa shape index (κ3) is 5.28. The number of methoxy groups -OCH3 is 1. The van der Waals surface area contributed by atoms with E-state index >= 15 is 0 Å². The Morgan fingerprint density at radius 2 is 2.11 bits per heavy atom. The van der Waals surface area contributed by atoms with Crippen LogP contribution in [0.25, 0.3) is 0 Å². The summed E-state index contributed by atoms with van der Waals surface area (Å²) in [7, 11) is 1.57. The molecule has 0 radical (unpaired) electrons. The maximum Gasteiger partial charge on any atom is 0.263 e. The van der Waals surface area contributed by atoms with E-state index in [-0.39, 0.29) is 11.5 Å². The van der Waals surface area contributed by atoms with Gasteiger partial charge in [-0.2, -0.15) is 5.26 Å². The van der Waals surface area contributed by atoms with E-state index in [0.717, 1.165) is 32.7 Å². The van der Waals surface area contributed by atoms with Crippen molar-refractivity contribution in [1.82, 2.24) is 15.1 Å². The fraction of sp³-hybridized carbons (Fsp3) is 0.692. The monoisotopic (exact) mass is 266 g/mol. The van der Waals surface area contributed by atoms with E-state index < -0.39 is 0 Å². The van der Waals surface area contributed by atoms with Crippen LogP contribution in [0.3, 0.4) is 0 Å². The van der Waals surface area contributed by atoms with Gasteiger partial charge >= 0.3 is 0 Å². The lowest BCUT2D eigenvalue weighted by Crippen LogP contribution is -2.44. The topological polar surface area (TPSA) is 68.6 Å². The SMILES string of the molecule is CCN1CCN(/C=C(/C#N)C(=O)NCCOC)CC1. The van der Waals surface area contributed by atoms with Crippen molar-refractivity contribution in [2.45, 2.75) is 6.92 Å². The number of rotatable bonds is 6. The van der Waals surface area contributed by atoms with E-state index in [2.05, 4.69) is 17.1 Å². The molecule has 0 aromatic heterocycles. The smallest absolute Gasteiger partial charge is 0.263 e. The van der Waals surface area contributed by atoms with Crippen LogP contribution in [0.4, 0.5) is 0 Å². The van der Waals surface area contributed by atoms with Gasteiger partial charge in [-0.1, -0.05) is 6.92 Å². The molecule has 106 valence electrons. The Morgan fingerprint density at radius 3 is 2.63 bits per heavy atom. The molecule has 0 spiro atoms. The van der Waals surface area contributed by atoms with Crippen LogP contribution in [0.1, 0.15) is 6.92 Å². The van der Waals surface area contributed by atoms with Gasteiger partial charge < -0.3 is 19.9 Å². The highest BCUT2D eigenvalue weighted by Gasteiger charge is 2.15. The normalized spacial score (nSPS) is 17.1. The first-order valence-electron chi connectivity index (χ1n) is 6.56. The van der Waals surface area contributed by atoms with Gasteiger partial charge in [0.05, 0.1) is 6.61 Å². The maximum absolute atomic E-state index is 11.7. The minimum Gasteiger partial charge on any atom is -0.383 e. The highest BCUT2D eigenvalue weighted by Crippen LogP contribution is 2.04. The minimum absolute atomic E-state index is 0.154. The van der Waals surface area contributed by atoms with E-state index in [4.69, 9.17) is 10.00 Å². The van der Waals surface area contributed by atoms with E-state index in [1.54, 1.807) is 13.3 Å². The van der Waals surface area contributed by atoms with Gasteiger partial charge in [-0.15, -0.1) is 0 Å². The third-order valence-electron chi connectivity index (χ3n) is 3.12. The Kier molecular flexibility index (Phi) is 6.93. The van der Waals surface area contributed by atoms with Crippen molar-refractivity contribution in [3.63, 3.8) is 0 Å². The fourth-order valence-electron chi connectivity index (χ4n) is 1.89. The maximum atomic E-state index is 11.7. The molecule has 0 bridgehead atoms. The molecule has 1 N–H and O–H groups in total. The predicted octanol–water partition coefficient (Wildman–Crippen LogP) is -0.206. The van der Waals surface area contributed by atoms with Crippen LogP contribution in [-0.4, -0.2) is 68.7 Å². The molecule has 0 unspecified atom stereocenters. The standard InChI is InChI=1S/C13H22N4O2/c1-3-16-5-7-17(8-6-16)11-12(10-14)13(18)15-4-9-19-2/h11H,3-9H2,1-2H3,(H,15,18)/b12-11-. The molecule has 0 atom stereocenters. The van der Waals surface area contributed by atoms with Gasteiger partial charge in [-0.3, -0.25) is 4.79 Å². The van der Waals surface area contributed by atoms with Crippen molar-refractivity contribution in [2.24, 2.45) is 0 Å². The van der Waals surface area contributed by atoms with Crippen LogP contribution in [0.15, 0.2) is 11.8 Å². The van der Waals surface area contributed by atoms with Gasteiger partial charge in [-0.25, -0.2) is 0 Å². The number of ether oxygens (including phenoxy) is 1. The van der Waals surface area contributed by atoms with Crippen molar-refractivity contribution in [3.05, 3.63) is 11.8 Å². The number of nitriles is 1. The lowest BCUT2D eigenvalue weighted by atomic mass is 10.2. The Morgan fingerprint density at radius 1 is 1.42 bits per heavy atom. The second-order valence-corrected chi connectivity index (χ2v) is 4.37. The molecular formula is C13H22N4O2. The van der Waals surface area contributed by atoms with Gasteiger partial charge in [0.15, 0.2) is 0 Å². The Hall–Kier alpha value is -1.58. The summed E-state index contributed by atoms with van der Waals surface area (Å²) < 4.78 is 4.85. The predicted molar refractivity (Wildman–Crippen MR) is 72.3 cm³/mol. The average Bonchev–Trinajstić information content (AvgIpc) is 2.45. The number of carbonyl (C=O) groups excluding carboxylic acids is 1. The number of likely N-dealkylation sites (N-methyl/N-ethyl adjacent to an activating group) is 1. The van der Waals surface area contributed by atoms with Crippen molar-refractivity contribution in [2.75, 3.05) is 53.0 Å².